The third kappa shape index (κ3) is 3.84. The van der Waals surface area contributed by atoms with Crippen LogP contribution in [0.15, 0.2) is 6.07 Å². The number of hydrogen-bond acceptors (Lipinski definition) is 4. The van der Waals surface area contributed by atoms with Crippen molar-refractivity contribution >= 4 is 11.6 Å². The summed E-state index contributed by atoms with van der Waals surface area (Å²) < 4.78 is 0. The van der Waals surface area contributed by atoms with Gasteiger partial charge in [0, 0.05) is 19.7 Å². The normalized spacial score (nSPS) is 17.4. The van der Waals surface area contributed by atoms with Crippen LogP contribution in [0.5, 0.6) is 0 Å². The van der Waals surface area contributed by atoms with Crippen LogP contribution in [-0.2, 0) is 0 Å². The number of nitrogens with zero attached hydrogens (tertiary/aromatic N) is 2. The molecule has 0 aromatic carbocycles. The molecule has 0 aliphatic heterocycles. The molecule has 1 fully saturated rings. The van der Waals surface area contributed by atoms with Crippen LogP contribution in [0.3, 0.4) is 0 Å². The molecule has 1 aliphatic rings. The van der Waals surface area contributed by atoms with E-state index in [1.165, 1.54) is 32.1 Å². The average molecular weight is 276 g/mol. The summed E-state index contributed by atoms with van der Waals surface area (Å²) in [6.45, 7) is 7.62. The number of anilines is 2. The van der Waals surface area contributed by atoms with Crippen LogP contribution in [0.2, 0.25) is 0 Å². The average Bonchev–Trinajstić information content (AvgIpc) is 2.84. The minimum absolute atomic E-state index is 0.465. The SMILES string of the molecule is CNc1cc(NCC2(CC(C)C)CCCC2)nc(C)n1. The topological polar surface area (TPSA) is 49.8 Å². The highest BCUT2D eigenvalue weighted by atomic mass is 15.1. The molecule has 0 amide bonds. The largest absolute Gasteiger partial charge is 0.373 e. The standard InChI is InChI=1S/C16H28N4/c1-12(2)10-16(7-5-6-8-16)11-18-15-9-14(17-4)19-13(3)20-15/h9,12H,5-8,10-11H2,1-4H3,(H2,17,18,19,20). The maximum atomic E-state index is 4.49. The van der Waals surface area contributed by atoms with Gasteiger partial charge in [-0.1, -0.05) is 26.7 Å². The second-order valence-electron chi connectivity index (χ2n) is 6.59. The zero-order chi connectivity index (χ0) is 14.6. The molecular formula is C16H28N4. The van der Waals surface area contributed by atoms with Crippen molar-refractivity contribution in [2.24, 2.45) is 11.3 Å². The molecule has 4 nitrogen and oxygen atoms in total. The summed E-state index contributed by atoms with van der Waals surface area (Å²) in [6, 6.07) is 1.99. The number of nitrogens with one attached hydrogen (secondary N) is 2. The van der Waals surface area contributed by atoms with Gasteiger partial charge in [0.25, 0.3) is 0 Å². The summed E-state index contributed by atoms with van der Waals surface area (Å²) in [5.41, 5.74) is 0.465. The number of aromatic nitrogens is 2. The van der Waals surface area contributed by atoms with E-state index in [1.807, 2.05) is 20.0 Å². The molecule has 20 heavy (non-hydrogen) atoms. The molecule has 1 saturated carbocycles. The van der Waals surface area contributed by atoms with Crippen molar-refractivity contribution in [1.29, 1.82) is 0 Å². The molecule has 0 atom stereocenters. The first-order valence-electron chi connectivity index (χ1n) is 7.80. The molecular weight excluding hydrogens is 248 g/mol. The zero-order valence-electron chi connectivity index (χ0n) is 13.3. The first-order valence-corrected chi connectivity index (χ1v) is 7.80. The highest BCUT2D eigenvalue weighted by Gasteiger charge is 2.34. The van der Waals surface area contributed by atoms with E-state index in [-0.39, 0.29) is 0 Å². The first-order chi connectivity index (χ1) is 9.53. The van der Waals surface area contributed by atoms with E-state index in [2.05, 4.69) is 34.4 Å². The van der Waals surface area contributed by atoms with Gasteiger partial charge >= 0.3 is 0 Å². The monoisotopic (exact) mass is 276 g/mol. The molecule has 0 saturated heterocycles. The van der Waals surface area contributed by atoms with Gasteiger partial charge < -0.3 is 10.6 Å². The lowest BCUT2D eigenvalue weighted by atomic mass is 9.78. The first kappa shape index (κ1) is 15.1. The van der Waals surface area contributed by atoms with Crippen molar-refractivity contribution < 1.29 is 0 Å². The maximum absolute atomic E-state index is 4.49. The number of hydrogen-bond donors (Lipinski definition) is 2. The third-order valence-corrected chi connectivity index (χ3v) is 4.24. The lowest BCUT2D eigenvalue weighted by Crippen LogP contribution is -2.28. The zero-order valence-corrected chi connectivity index (χ0v) is 13.3. The van der Waals surface area contributed by atoms with Gasteiger partial charge in [0.1, 0.15) is 17.5 Å². The molecule has 1 heterocycles. The van der Waals surface area contributed by atoms with E-state index >= 15 is 0 Å². The van der Waals surface area contributed by atoms with E-state index in [1.54, 1.807) is 0 Å². The van der Waals surface area contributed by atoms with Crippen LogP contribution in [0.1, 0.15) is 51.8 Å². The Hall–Kier alpha value is -1.32. The van der Waals surface area contributed by atoms with E-state index in [0.29, 0.717) is 5.41 Å². The van der Waals surface area contributed by atoms with E-state index in [9.17, 15) is 0 Å². The lowest BCUT2D eigenvalue weighted by molar-refractivity contribution is 0.252. The van der Waals surface area contributed by atoms with E-state index in [0.717, 1.165) is 29.9 Å². The van der Waals surface area contributed by atoms with Crippen molar-refractivity contribution in [2.45, 2.75) is 52.9 Å². The van der Waals surface area contributed by atoms with Crippen molar-refractivity contribution in [3.8, 4) is 0 Å². The van der Waals surface area contributed by atoms with Gasteiger partial charge in [-0.2, -0.15) is 0 Å². The Kier molecular flexibility index (Phi) is 4.84. The van der Waals surface area contributed by atoms with Crippen LogP contribution in [-0.4, -0.2) is 23.6 Å². The lowest BCUT2D eigenvalue weighted by Gasteiger charge is -2.31. The van der Waals surface area contributed by atoms with Gasteiger partial charge in [0.15, 0.2) is 0 Å². The summed E-state index contributed by atoms with van der Waals surface area (Å²) in [4.78, 5) is 8.83. The van der Waals surface area contributed by atoms with Gasteiger partial charge in [0.05, 0.1) is 0 Å². The van der Waals surface area contributed by atoms with Crippen LogP contribution >= 0.6 is 0 Å². The Morgan fingerprint density at radius 2 is 1.85 bits per heavy atom. The molecule has 0 radical (unpaired) electrons. The second-order valence-corrected chi connectivity index (χ2v) is 6.59. The molecule has 0 spiro atoms. The maximum Gasteiger partial charge on any atom is 0.131 e. The molecule has 4 heteroatoms. The van der Waals surface area contributed by atoms with Gasteiger partial charge in [-0.05, 0) is 37.5 Å². The van der Waals surface area contributed by atoms with Crippen LogP contribution < -0.4 is 10.6 Å². The summed E-state index contributed by atoms with van der Waals surface area (Å²) >= 11 is 0. The Labute approximate surface area is 122 Å². The smallest absolute Gasteiger partial charge is 0.131 e. The second kappa shape index (κ2) is 6.42. The fourth-order valence-corrected chi connectivity index (χ4v) is 3.51. The molecule has 2 N–H and O–H groups in total. The van der Waals surface area contributed by atoms with Crippen molar-refractivity contribution in [3.05, 3.63) is 11.9 Å². The minimum atomic E-state index is 0.465. The molecule has 0 unspecified atom stereocenters. The Bertz CT molecular complexity index is 436. The third-order valence-electron chi connectivity index (χ3n) is 4.24. The van der Waals surface area contributed by atoms with Gasteiger partial charge in [-0.25, -0.2) is 9.97 Å². The summed E-state index contributed by atoms with van der Waals surface area (Å²) in [7, 11) is 1.89. The molecule has 1 aliphatic carbocycles. The van der Waals surface area contributed by atoms with Crippen molar-refractivity contribution in [3.63, 3.8) is 0 Å². The summed E-state index contributed by atoms with van der Waals surface area (Å²) in [6.07, 6.45) is 6.75. The predicted molar refractivity (Wildman–Crippen MR) is 85.2 cm³/mol. The minimum Gasteiger partial charge on any atom is -0.373 e. The fourth-order valence-electron chi connectivity index (χ4n) is 3.51. The van der Waals surface area contributed by atoms with Crippen LogP contribution in [0.4, 0.5) is 11.6 Å². The highest BCUT2D eigenvalue weighted by Crippen LogP contribution is 2.43. The number of rotatable bonds is 6. The van der Waals surface area contributed by atoms with E-state index in [4.69, 9.17) is 0 Å². The quantitative estimate of drug-likeness (QED) is 0.828. The Balaban J connectivity index is 2.04. The highest BCUT2D eigenvalue weighted by molar-refractivity contribution is 5.47. The van der Waals surface area contributed by atoms with Crippen LogP contribution in [0.25, 0.3) is 0 Å². The van der Waals surface area contributed by atoms with Gasteiger partial charge in [-0.15, -0.1) is 0 Å². The molecule has 2 rings (SSSR count). The molecule has 112 valence electrons. The Morgan fingerprint density at radius 1 is 1.20 bits per heavy atom. The molecule has 0 bridgehead atoms. The van der Waals surface area contributed by atoms with Crippen LogP contribution in [0, 0.1) is 18.3 Å². The summed E-state index contributed by atoms with van der Waals surface area (Å²) in [5.74, 6) is 3.39. The van der Waals surface area contributed by atoms with Gasteiger partial charge in [-0.3, -0.25) is 0 Å². The predicted octanol–water partition coefficient (Wildman–Crippen LogP) is 3.85. The molecule has 1 aromatic heterocycles. The fraction of sp³-hybridized carbons (Fsp3) is 0.750. The van der Waals surface area contributed by atoms with Gasteiger partial charge in [0.2, 0.25) is 0 Å². The number of aryl methyl sites for hydroxylation is 1. The molecule has 1 aromatic rings. The Morgan fingerprint density at radius 3 is 2.45 bits per heavy atom. The summed E-state index contributed by atoms with van der Waals surface area (Å²) in [5, 5.41) is 6.64. The van der Waals surface area contributed by atoms with E-state index < -0.39 is 0 Å². The van der Waals surface area contributed by atoms with Crippen molar-refractivity contribution in [1.82, 2.24) is 9.97 Å². The van der Waals surface area contributed by atoms with Crippen molar-refractivity contribution in [2.75, 3.05) is 24.2 Å².